The fourth-order valence-electron chi connectivity index (χ4n) is 3.36. The van der Waals surface area contributed by atoms with Gasteiger partial charge in [0.1, 0.15) is 5.75 Å². The van der Waals surface area contributed by atoms with Gasteiger partial charge in [-0.25, -0.2) is 8.42 Å². The van der Waals surface area contributed by atoms with E-state index in [1.54, 1.807) is 24.3 Å². The van der Waals surface area contributed by atoms with Gasteiger partial charge in [0.2, 0.25) is 0 Å². The summed E-state index contributed by atoms with van der Waals surface area (Å²) in [5.41, 5.74) is 0.860. The second-order valence-corrected chi connectivity index (χ2v) is 9.35. The first-order valence-corrected chi connectivity index (χ1v) is 12.0. The molecule has 0 saturated carbocycles. The topological polar surface area (TPSA) is 72.5 Å². The molecule has 0 aliphatic rings. The van der Waals surface area contributed by atoms with Crippen molar-refractivity contribution in [3.63, 3.8) is 0 Å². The van der Waals surface area contributed by atoms with Crippen LogP contribution >= 0.6 is 0 Å². The molecule has 0 aliphatic carbocycles. The van der Waals surface area contributed by atoms with Crippen LogP contribution in [0.25, 0.3) is 10.8 Å². The Morgan fingerprint density at radius 3 is 2.20 bits per heavy atom. The smallest absolute Gasteiger partial charge is 0.261 e. The molecule has 3 rings (SSSR count). The van der Waals surface area contributed by atoms with E-state index in [4.69, 9.17) is 4.74 Å². The fraction of sp³-hybridized carbons (Fsp3) is 0.292. The van der Waals surface area contributed by atoms with E-state index in [-0.39, 0.29) is 16.8 Å². The molecule has 158 valence electrons. The highest BCUT2D eigenvalue weighted by atomic mass is 32.2. The molecule has 5 nitrogen and oxygen atoms in total. The largest absolute Gasteiger partial charge is 0.481 e. The van der Waals surface area contributed by atoms with Crippen LogP contribution in [0.2, 0.25) is 0 Å². The number of amides is 1. The monoisotopic (exact) mass is 425 g/mol. The Bertz CT molecular complexity index is 1120. The number of nitrogens with one attached hydrogen (secondary N) is 1. The van der Waals surface area contributed by atoms with E-state index in [1.165, 1.54) is 6.26 Å². The quantitative estimate of drug-likeness (QED) is 0.569. The summed E-state index contributed by atoms with van der Waals surface area (Å²) >= 11 is 0. The molecule has 0 spiro atoms. The molecule has 3 aromatic carbocycles. The maximum Gasteiger partial charge on any atom is 0.261 e. The maximum absolute atomic E-state index is 12.9. The standard InChI is InChI=1S/C24H27NO4S/c1-4-22(18-11-14-21(15-12-18)30(3,27)28)25-24(26)23(5-2)29-20-13-10-17-8-6-7-9-19(17)16-20/h6-16,22-23H,4-5H2,1-3H3,(H,25,26)/t22-,23-/m0/s1. The number of rotatable bonds is 8. The highest BCUT2D eigenvalue weighted by Gasteiger charge is 2.22. The molecule has 30 heavy (non-hydrogen) atoms. The van der Waals surface area contributed by atoms with E-state index in [1.807, 2.05) is 56.3 Å². The highest BCUT2D eigenvalue weighted by Crippen LogP contribution is 2.23. The molecule has 6 heteroatoms. The minimum atomic E-state index is -3.25. The summed E-state index contributed by atoms with van der Waals surface area (Å²) in [7, 11) is -3.25. The summed E-state index contributed by atoms with van der Waals surface area (Å²) in [5.74, 6) is 0.464. The van der Waals surface area contributed by atoms with E-state index in [0.29, 0.717) is 18.6 Å². The normalized spacial score (nSPS) is 13.6. The zero-order chi connectivity index (χ0) is 21.7. The first-order valence-electron chi connectivity index (χ1n) is 10.1. The second kappa shape index (κ2) is 9.30. The van der Waals surface area contributed by atoms with Crippen molar-refractivity contribution in [2.75, 3.05) is 6.26 Å². The summed E-state index contributed by atoms with van der Waals surface area (Å²) in [6.45, 7) is 3.88. The first kappa shape index (κ1) is 21.8. The molecular formula is C24H27NO4S. The molecule has 0 bridgehead atoms. The molecular weight excluding hydrogens is 398 g/mol. The number of fused-ring (bicyclic) bond motifs is 1. The van der Waals surface area contributed by atoms with Gasteiger partial charge in [0.15, 0.2) is 15.9 Å². The molecule has 1 N–H and O–H groups in total. The van der Waals surface area contributed by atoms with Crippen molar-refractivity contribution in [3.8, 4) is 5.75 Å². The molecule has 3 aromatic rings. The minimum absolute atomic E-state index is 0.190. The van der Waals surface area contributed by atoms with Gasteiger partial charge in [-0.15, -0.1) is 0 Å². The predicted molar refractivity (Wildman–Crippen MR) is 119 cm³/mol. The van der Waals surface area contributed by atoms with Crippen LogP contribution in [0.3, 0.4) is 0 Å². The van der Waals surface area contributed by atoms with Crippen LogP contribution in [0, 0.1) is 0 Å². The Morgan fingerprint density at radius 2 is 1.60 bits per heavy atom. The number of hydrogen-bond donors (Lipinski definition) is 1. The second-order valence-electron chi connectivity index (χ2n) is 7.33. The van der Waals surface area contributed by atoms with Crippen LogP contribution in [-0.4, -0.2) is 26.7 Å². The van der Waals surface area contributed by atoms with Gasteiger partial charge in [-0.3, -0.25) is 4.79 Å². The highest BCUT2D eigenvalue weighted by molar-refractivity contribution is 7.90. The van der Waals surface area contributed by atoms with Crippen molar-refractivity contribution in [2.45, 2.75) is 43.7 Å². The van der Waals surface area contributed by atoms with Crippen LogP contribution in [0.4, 0.5) is 0 Å². The summed E-state index contributed by atoms with van der Waals surface area (Å²) < 4.78 is 29.3. The van der Waals surface area contributed by atoms with E-state index < -0.39 is 15.9 Å². The molecule has 0 radical (unpaired) electrons. The Kier molecular flexibility index (Phi) is 6.77. The van der Waals surface area contributed by atoms with Crippen LogP contribution in [0.1, 0.15) is 38.3 Å². The number of carbonyl (C=O) groups is 1. The number of sulfone groups is 1. The van der Waals surface area contributed by atoms with Gasteiger partial charge in [-0.2, -0.15) is 0 Å². The zero-order valence-corrected chi connectivity index (χ0v) is 18.3. The van der Waals surface area contributed by atoms with Gasteiger partial charge >= 0.3 is 0 Å². The first-order chi connectivity index (χ1) is 14.3. The third-order valence-electron chi connectivity index (χ3n) is 5.10. The van der Waals surface area contributed by atoms with E-state index in [0.717, 1.165) is 16.3 Å². The van der Waals surface area contributed by atoms with Crippen LogP contribution < -0.4 is 10.1 Å². The summed E-state index contributed by atoms with van der Waals surface area (Å²) in [6, 6.07) is 20.2. The van der Waals surface area contributed by atoms with Gasteiger partial charge in [0, 0.05) is 6.26 Å². The van der Waals surface area contributed by atoms with Gasteiger partial charge in [0.25, 0.3) is 5.91 Å². The molecule has 1 amide bonds. The third kappa shape index (κ3) is 5.19. The van der Waals surface area contributed by atoms with Crippen molar-refractivity contribution in [2.24, 2.45) is 0 Å². The summed E-state index contributed by atoms with van der Waals surface area (Å²) in [5, 5.41) is 5.21. The number of hydrogen-bond acceptors (Lipinski definition) is 4. The number of carbonyl (C=O) groups excluding carboxylic acids is 1. The third-order valence-corrected chi connectivity index (χ3v) is 6.23. The SMILES string of the molecule is CC[C@H](Oc1ccc2ccccc2c1)C(=O)N[C@@H](CC)c1ccc(S(C)(=O)=O)cc1. The van der Waals surface area contributed by atoms with Gasteiger partial charge in [-0.05, 0) is 53.4 Å². The lowest BCUT2D eigenvalue weighted by Gasteiger charge is -2.22. The van der Waals surface area contributed by atoms with Crippen molar-refractivity contribution >= 4 is 26.5 Å². The van der Waals surface area contributed by atoms with Crippen molar-refractivity contribution in [1.29, 1.82) is 0 Å². The van der Waals surface area contributed by atoms with Crippen molar-refractivity contribution in [1.82, 2.24) is 5.32 Å². The van der Waals surface area contributed by atoms with Crippen LogP contribution in [0.5, 0.6) is 5.75 Å². The fourth-order valence-corrected chi connectivity index (χ4v) is 3.99. The average Bonchev–Trinajstić information content (AvgIpc) is 2.75. The number of ether oxygens (including phenoxy) is 1. The Morgan fingerprint density at radius 1 is 0.933 bits per heavy atom. The Hall–Kier alpha value is -2.86. The van der Waals surface area contributed by atoms with Gasteiger partial charge in [-0.1, -0.05) is 56.3 Å². The number of benzene rings is 3. The lowest BCUT2D eigenvalue weighted by atomic mass is 10.0. The van der Waals surface area contributed by atoms with Crippen LogP contribution in [0.15, 0.2) is 71.6 Å². The van der Waals surface area contributed by atoms with Crippen LogP contribution in [-0.2, 0) is 14.6 Å². The van der Waals surface area contributed by atoms with Crippen molar-refractivity contribution in [3.05, 3.63) is 72.3 Å². The molecule has 0 aromatic heterocycles. The van der Waals surface area contributed by atoms with E-state index in [2.05, 4.69) is 5.32 Å². The minimum Gasteiger partial charge on any atom is -0.481 e. The van der Waals surface area contributed by atoms with E-state index in [9.17, 15) is 13.2 Å². The summed E-state index contributed by atoms with van der Waals surface area (Å²) in [4.78, 5) is 13.1. The Labute approximate surface area is 178 Å². The van der Waals surface area contributed by atoms with E-state index >= 15 is 0 Å². The summed E-state index contributed by atoms with van der Waals surface area (Å²) in [6.07, 6.45) is 1.77. The van der Waals surface area contributed by atoms with Gasteiger partial charge in [0.05, 0.1) is 10.9 Å². The average molecular weight is 426 g/mol. The molecule has 0 aliphatic heterocycles. The Balaban J connectivity index is 1.72. The molecule has 0 fully saturated rings. The maximum atomic E-state index is 12.9. The lowest BCUT2D eigenvalue weighted by Crippen LogP contribution is -2.39. The van der Waals surface area contributed by atoms with Crippen molar-refractivity contribution < 1.29 is 17.9 Å². The van der Waals surface area contributed by atoms with Gasteiger partial charge < -0.3 is 10.1 Å². The molecule has 0 heterocycles. The predicted octanol–water partition coefficient (Wildman–Crippen LogP) is 4.67. The lowest BCUT2D eigenvalue weighted by molar-refractivity contribution is -0.128. The molecule has 0 saturated heterocycles. The molecule has 2 atom stereocenters. The zero-order valence-electron chi connectivity index (χ0n) is 17.5. The molecule has 0 unspecified atom stereocenters.